The van der Waals surface area contributed by atoms with Crippen LogP contribution in [-0.2, 0) is 10.2 Å². The maximum Gasteiger partial charge on any atom is 0.195 e. The Hall–Kier alpha value is -3.54. The molecule has 2 heterocycles. The van der Waals surface area contributed by atoms with E-state index in [2.05, 4.69) is 54.6 Å². The molecule has 0 bridgehead atoms. The van der Waals surface area contributed by atoms with Gasteiger partial charge in [-0.2, -0.15) is 5.26 Å². The quantitative estimate of drug-likeness (QED) is 0.579. The van der Waals surface area contributed by atoms with Crippen molar-refractivity contribution in [3.63, 3.8) is 0 Å². The summed E-state index contributed by atoms with van der Waals surface area (Å²) in [6.45, 7) is 9.43. The Morgan fingerprint density at radius 2 is 1.97 bits per heavy atom. The van der Waals surface area contributed by atoms with Gasteiger partial charge in [0.15, 0.2) is 5.78 Å². The number of carbonyl (C=O) groups is 1. The molecule has 5 rings (SSSR count). The zero-order chi connectivity index (χ0) is 23.2. The van der Waals surface area contributed by atoms with E-state index in [1.807, 2.05) is 18.2 Å². The van der Waals surface area contributed by atoms with E-state index < -0.39 is 5.41 Å². The number of morpholine rings is 1. The van der Waals surface area contributed by atoms with Crippen LogP contribution in [0.5, 0.6) is 0 Å². The fourth-order valence-corrected chi connectivity index (χ4v) is 4.98. The molecular weight excluding hydrogens is 410 g/mol. The Bertz CT molecular complexity index is 1370. The summed E-state index contributed by atoms with van der Waals surface area (Å²) in [7, 11) is 0. The number of carbonyl (C=O) groups excluding carboxylic acids is 1. The molecule has 0 saturated carbocycles. The Morgan fingerprint density at radius 3 is 2.70 bits per heavy atom. The van der Waals surface area contributed by atoms with Crippen LogP contribution in [0.25, 0.3) is 10.9 Å². The Balaban J connectivity index is 1.73. The van der Waals surface area contributed by atoms with Crippen molar-refractivity contribution < 1.29 is 9.53 Å². The lowest BCUT2D eigenvalue weighted by molar-refractivity contribution is 0.103. The second kappa shape index (κ2) is 8.10. The van der Waals surface area contributed by atoms with E-state index in [0.717, 1.165) is 64.9 Å². The maximum absolute atomic E-state index is 13.8. The van der Waals surface area contributed by atoms with Crippen LogP contribution in [0.3, 0.4) is 0 Å². The zero-order valence-electron chi connectivity index (χ0n) is 19.3. The van der Waals surface area contributed by atoms with Crippen LogP contribution in [0.15, 0.2) is 30.3 Å². The molecule has 1 aromatic heterocycles. The highest BCUT2D eigenvalue weighted by atomic mass is 16.5. The SMILES string of the molecule is CCCC#Cc1cc2c(cc1N1CCOCC1)C(C)(C)c1[nH]c3cc(C#N)ccc3c1C2=O. The minimum atomic E-state index is -0.402. The van der Waals surface area contributed by atoms with Crippen LogP contribution >= 0.6 is 0 Å². The molecule has 2 aromatic carbocycles. The summed E-state index contributed by atoms with van der Waals surface area (Å²) in [4.78, 5) is 19.6. The van der Waals surface area contributed by atoms with E-state index in [0.29, 0.717) is 24.3 Å². The number of anilines is 1. The van der Waals surface area contributed by atoms with E-state index in [9.17, 15) is 10.1 Å². The van der Waals surface area contributed by atoms with Crippen molar-refractivity contribution in [3.8, 4) is 17.9 Å². The van der Waals surface area contributed by atoms with Crippen molar-refractivity contribution >= 4 is 22.4 Å². The number of aromatic nitrogens is 1. The van der Waals surface area contributed by atoms with Gasteiger partial charge >= 0.3 is 0 Å². The van der Waals surface area contributed by atoms with Gasteiger partial charge in [-0.1, -0.05) is 38.7 Å². The monoisotopic (exact) mass is 437 g/mol. The molecule has 166 valence electrons. The standard InChI is InChI=1S/C28H27N3O2/c1-4-5-6-7-19-15-21-22(16-24(19)31-10-12-33-13-11-31)28(2,3)27-25(26(21)32)20-9-8-18(17-29)14-23(20)30-27/h8-9,14-16,30H,4-5,10-13H2,1-3H3. The summed E-state index contributed by atoms with van der Waals surface area (Å²) in [6.07, 6.45) is 1.83. The third kappa shape index (κ3) is 3.41. The van der Waals surface area contributed by atoms with Crippen LogP contribution < -0.4 is 4.90 Å². The number of unbranched alkanes of at least 4 members (excludes halogenated alkanes) is 1. The van der Waals surface area contributed by atoms with Gasteiger partial charge in [0.1, 0.15) is 0 Å². The smallest absolute Gasteiger partial charge is 0.195 e. The van der Waals surface area contributed by atoms with Crippen LogP contribution in [0.2, 0.25) is 0 Å². The highest BCUT2D eigenvalue weighted by Crippen LogP contribution is 2.45. The normalized spacial score (nSPS) is 16.5. The third-order valence-electron chi connectivity index (χ3n) is 6.78. The number of benzene rings is 2. The highest BCUT2D eigenvalue weighted by Gasteiger charge is 2.40. The van der Waals surface area contributed by atoms with Gasteiger partial charge in [-0.25, -0.2) is 0 Å². The third-order valence-corrected chi connectivity index (χ3v) is 6.78. The van der Waals surface area contributed by atoms with E-state index >= 15 is 0 Å². The highest BCUT2D eigenvalue weighted by molar-refractivity contribution is 6.20. The van der Waals surface area contributed by atoms with Crippen LogP contribution in [-0.4, -0.2) is 37.1 Å². The number of nitriles is 1. The molecule has 0 atom stereocenters. The molecule has 2 aliphatic rings. The second-order valence-corrected chi connectivity index (χ2v) is 9.27. The zero-order valence-corrected chi connectivity index (χ0v) is 19.3. The predicted molar refractivity (Wildman–Crippen MR) is 130 cm³/mol. The minimum Gasteiger partial charge on any atom is -0.378 e. The van der Waals surface area contributed by atoms with Crippen LogP contribution in [0, 0.1) is 23.2 Å². The average Bonchev–Trinajstić information content (AvgIpc) is 3.23. The minimum absolute atomic E-state index is 0.0161. The van der Waals surface area contributed by atoms with Gasteiger partial charge in [0.2, 0.25) is 0 Å². The van der Waals surface area contributed by atoms with Crippen LogP contribution in [0.4, 0.5) is 5.69 Å². The Kier molecular flexibility index (Phi) is 5.23. The number of ketones is 1. The summed E-state index contributed by atoms with van der Waals surface area (Å²) < 4.78 is 5.57. The fourth-order valence-electron chi connectivity index (χ4n) is 4.98. The molecule has 1 saturated heterocycles. The van der Waals surface area contributed by atoms with E-state index in [4.69, 9.17) is 4.74 Å². The number of fused-ring (bicyclic) bond motifs is 4. The van der Waals surface area contributed by atoms with E-state index in [1.54, 1.807) is 6.07 Å². The first-order valence-corrected chi connectivity index (χ1v) is 11.6. The van der Waals surface area contributed by atoms with Gasteiger partial charge in [-0.3, -0.25) is 4.79 Å². The number of nitrogens with zero attached hydrogens (tertiary/aromatic N) is 2. The number of rotatable bonds is 2. The molecule has 0 spiro atoms. The Morgan fingerprint density at radius 1 is 1.18 bits per heavy atom. The van der Waals surface area contributed by atoms with Gasteiger partial charge in [0.05, 0.1) is 36.1 Å². The van der Waals surface area contributed by atoms with Gasteiger partial charge in [0.25, 0.3) is 0 Å². The van der Waals surface area contributed by atoms with Gasteiger partial charge in [-0.05, 0) is 36.2 Å². The summed E-state index contributed by atoms with van der Waals surface area (Å²) >= 11 is 0. The number of nitrogens with one attached hydrogen (secondary N) is 1. The molecular formula is C28H27N3O2. The summed E-state index contributed by atoms with van der Waals surface area (Å²) in [5.41, 5.74) is 6.32. The fraction of sp³-hybridized carbons (Fsp3) is 0.357. The number of hydrogen-bond acceptors (Lipinski definition) is 4. The number of hydrogen-bond donors (Lipinski definition) is 1. The molecule has 1 fully saturated rings. The first-order valence-electron chi connectivity index (χ1n) is 11.6. The molecule has 3 aromatic rings. The number of H-pyrrole nitrogens is 1. The molecule has 0 amide bonds. The van der Waals surface area contributed by atoms with Gasteiger partial charge < -0.3 is 14.6 Å². The molecule has 5 nitrogen and oxygen atoms in total. The van der Waals surface area contributed by atoms with Crippen LogP contribution in [0.1, 0.15) is 71.9 Å². The first kappa shape index (κ1) is 21.3. The van der Waals surface area contributed by atoms with E-state index in [-0.39, 0.29) is 5.78 Å². The maximum atomic E-state index is 13.8. The number of ether oxygens (including phenoxy) is 1. The lowest BCUT2D eigenvalue weighted by Gasteiger charge is -2.35. The van der Waals surface area contributed by atoms with E-state index in [1.165, 1.54) is 0 Å². The summed E-state index contributed by atoms with van der Waals surface area (Å²) in [6, 6.07) is 11.8. The first-order chi connectivity index (χ1) is 16.0. The molecule has 1 aliphatic heterocycles. The van der Waals surface area contributed by atoms with Crippen molar-refractivity contribution in [1.29, 1.82) is 5.26 Å². The molecule has 0 radical (unpaired) electrons. The van der Waals surface area contributed by atoms with Gasteiger partial charge in [0, 0.05) is 52.6 Å². The molecule has 1 N–H and O–H groups in total. The number of aromatic amines is 1. The van der Waals surface area contributed by atoms with Crippen molar-refractivity contribution in [2.45, 2.75) is 39.0 Å². The second-order valence-electron chi connectivity index (χ2n) is 9.27. The van der Waals surface area contributed by atoms with Crippen molar-refractivity contribution in [3.05, 3.63) is 63.8 Å². The predicted octanol–water partition coefficient (Wildman–Crippen LogP) is 4.90. The summed E-state index contributed by atoms with van der Waals surface area (Å²) in [5.74, 6) is 6.64. The summed E-state index contributed by atoms with van der Waals surface area (Å²) in [5, 5.41) is 10.2. The lowest BCUT2D eigenvalue weighted by atomic mass is 9.70. The van der Waals surface area contributed by atoms with Crippen molar-refractivity contribution in [1.82, 2.24) is 4.98 Å². The molecule has 33 heavy (non-hydrogen) atoms. The average molecular weight is 438 g/mol. The van der Waals surface area contributed by atoms with Crippen molar-refractivity contribution in [2.24, 2.45) is 0 Å². The van der Waals surface area contributed by atoms with Gasteiger partial charge in [-0.15, -0.1) is 0 Å². The molecule has 5 heteroatoms. The molecule has 0 unspecified atom stereocenters. The lowest BCUT2D eigenvalue weighted by Crippen LogP contribution is -2.37. The largest absolute Gasteiger partial charge is 0.378 e. The topological polar surface area (TPSA) is 69.1 Å². The Labute approximate surface area is 194 Å². The molecule has 1 aliphatic carbocycles. The van der Waals surface area contributed by atoms with Crippen molar-refractivity contribution in [2.75, 3.05) is 31.2 Å².